The molecule has 0 atom stereocenters. The summed E-state index contributed by atoms with van der Waals surface area (Å²) in [6.45, 7) is 0.583. The van der Waals surface area contributed by atoms with E-state index in [9.17, 15) is 4.79 Å². The number of rotatable bonds is 5. The molecule has 0 unspecified atom stereocenters. The van der Waals surface area contributed by atoms with Gasteiger partial charge >= 0.3 is 0 Å². The molecule has 0 saturated heterocycles. The van der Waals surface area contributed by atoms with E-state index in [0.29, 0.717) is 17.9 Å². The SMILES string of the molecule is O=Cc1cc(Br)ccc1OCCc1ccsc1. The molecule has 0 aliphatic carbocycles. The second-order valence-electron chi connectivity index (χ2n) is 3.53. The lowest BCUT2D eigenvalue weighted by Crippen LogP contribution is -2.02. The van der Waals surface area contributed by atoms with Crippen molar-refractivity contribution in [1.82, 2.24) is 0 Å². The van der Waals surface area contributed by atoms with Gasteiger partial charge in [0.05, 0.1) is 12.2 Å². The minimum Gasteiger partial charge on any atom is -0.492 e. The summed E-state index contributed by atoms with van der Waals surface area (Å²) in [5.41, 5.74) is 1.84. The van der Waals surface area contributed by atoms with Gasteiger partial charge in [0.1, 0.15) is 5.75 Å². The average molecular weight is 311 g/mol. The maximum absolute atomic E-state index is 10.9. The van der Waals surface area contributed by atoms with Crippen LogP contribution in [0.4, 0.5) is 0 Å². The van der Waals surface area contributed by atoms with Gasteiger partial charge in [-0.3, -0.25) is 4.79 Å². The Morgan fingerprint density at radius 1 is 1.35 bits per heavy atom. The number of benzene rings is 1. The van der Waals surface area contributed by atoms with Crippen molar-refractivity contribution in [3.05, 3.63) is 50.6 Å². The molecule has 1 aromatic carbocycles. The molecule has 2 nitrogen and oxygen atoms in total. The zero-order valence-electron chi connectivity index (χ0n) is 9.06. The third kappa shape index (κ3) is 3.41. The largest absolute Gasteiger partial charge is 0.492 e. The van der Waals surface area contributed by atoms with Crippen LogP contribution >= 0.6 is 27.3 Å². The Kier molecular flexibility index (Phi) is 4.34. The molecular formula is C13H11BrO2S. The van der Waals surface area contributed by atoms with Crippen LogP contribution in [0.1, 0.15) is 15.9 Å². The number of halogens is 1. The summed E-state index contributed by atoms with van der Waals surface area (Å²) >= 11 is 5.00. The number of carbonyl (C=O) groups is 1. The predicted octanol–water partition coefficient (Wildman–Crippen LogP) is 3.94. The predicted molar refractivity (Wildman–Crippen MR) is 73.0 cm³/mol. The number of aldehydes is 1. The van der Waals surface area contributed by atoms with Gasteiger partial charge in [-0.2, -0.15) is 11.3 Å². The van der Waals surface area contributed by atoms with E-state index < -0.39 is 0 Å². The van der Waals surface area contributed by atoms with Crippen molar-refractivity contribution >= 4 is 33.6 Å². The normalized spacial score (nSPS) is 10.2. The van der Waals surface area contributed by atoms with Gasteiger partial charge in [-0.05, 0) is 40.6 Å². The van der Waals surface area contributed by atoms with Crippen molar-refractivity contribution in [1.29, 1.82) is 0 Å². The molecule has 0 fully saturated rings. The summed E-state index contributed by atoms with van der Waals surface area (Å²) in [6.07, 6.45) is 1.67. The number of ether oxygens (including phenoxy) is 1. The van der Waals surface area contributed by atoms with Gasteiger partial charge in [-0.25, -0.2) is 0 Å². The smallest absolute Gasteiger partial charge is 0.153 e. The van der Waals surface area contributed by atoms with Crippen LogP contribution in [0, 0.1) is 0 Å². The monoisotopic (exact) mass is 310 g/mol. The van der Waals surface area contributed by atoms with Gasteiger partial charge < -0.3 is 4.74 Å². The van der Waals surface area contributed by atoms with Crippen LogP contribution in [-0.4, -0.2) is 12.9 Å². The van der Waals surface area contributed by atoms with E-state index in [1.165, 1.54) is 5.56 Å². The van der Waals surface area contributed by atoms with Crippen LogP contribution in [-0.2, 0) is 6.42 Å². The Balaban J connectivity index is 1.96. The Morgan fingerprint density at radius 3 is 2.94 bits per heavy atom. The highest BCUT2D eigenvalue weighted by Gasteiger charge is 2.03. The van der Waals surface area contributed by atoms with E-state index in [4.69, 9.17) is 4.74 Å². The molecule has 0 aliphatic rings. The van der Waals surface area contributed by atoms with Crippen LogP contribution < -0.4 is 4.74 Å². The van der Waals surface area contributed by atoms with Gasteiger partial charge in [0.15, 0.2) is 6.29 Å². The number of hydrogen-bond acceptors (Lipinski definition) is 3. The first-order valence-corrected chi connectivity index (χ1v) is 6.92. The summed E-state index contributed by atoms with van der Waals surface area (Å²) in [6, 6.07) is 7.51. The molecule has 0 saturated carbocycles. The number of carbonyl (C=O) groups excluding carboxylic acids is 1. The minimum absolute atomic E-state index is 0.574. The summed E-state index contributed by atoms with van der Waals surface area (Å²) < 4.78 is 6.49. The second kappa shape index (κ2) is 5.98. The van der Waals surface area contributed by atoms with Crippen molar-refractivity contribution in [3.8, 4) is 5.75 Å². The number of thiophene rings is 1. The average Bonchev–Trinajstić information content (AvgIpc) is 2.84. The quantitative estimate of drug-likeness (QED) is 0.782. The standard InChI is InChI=1S/C13H11BrO2S/c14-12-1-2-13(11(7-12)8-15)16-5-3-10-4-6-17-9-10/h1-2,4,6-9H,3,5H2. The lowest BCUT2D eigenvalue weighted by atomic mass is 10.2. The highest BCUT2D eigenvalue weighted by atomic mass is 79.9. The van der Waals surface area contributed by atoms with Gasteiger partial charge in [0, 0.05) is 10.9 Å². The minimum atomic E-state index is 0.574. The van der Waals surface area contributed by atoms with Crippen LogP contribution in [0.25, 0.3) is 0 Å². The Labute approximate surface area is 112 Å². The third-order valence-corrected chi connectivity index (χ3v) is 3.55. The van der Waals surface area contributed by atoms with Crippen molar-refractivity contribution in [3.63, 3.8) is 0 Å². The van der Waals surface area contributed by atoms with Crippen molar-refractivity contribution in [2.45, 2.75) is 6.42 Å². The molecular weight excluding hydrogens is 300 g/mol. The molecule has 4 heteroatoms. The summed E-state index contributed by atoms with van der Waals surface area (Å²) in [5, 5.41) is 4.15. The summed E-state index contributed by atoms with van der Waals surface area (Å²) in [7, 11) is 0. The van der Waals surface area contributed by atoms with Gasteiger partial charge in [-0.15, -0.1) is 0 Å². The van der Waals surface area contributed by atoms with Gasteiger partial charge in [0.2, 0.25) is 0 Å². The second-order valence-corrected chi connectivity index (χ2v) is 5.23. The molecule has 0 spiro atoms. The molecule has 0 aliphatic heterocycles. The first kappa shape index (κ1) is 12.3. The molecule has 1 heterocycles. The highest BCUT2D eigenvalue weighted by Crippen LogP contribution is 2.21. The van der Waals surface area contributed by atoms with Crippen LogP contribution in [0.15, 0.2) is 39.5 Å². The maximum atomic E-state index is 10.9. The summed E-state index contributed by atoms with van der Waals surface area (Å²) in [5.74, 6) is 0.637. The molecule has 0 N–H and O–H groups in total. The zero-order valence-corrected chi connectivity index (χ0v) is 11.5. The van der Waals surface area contributed by atoms with Gasteiger partial charge in [0.25, 0.3) is 0 Å². The molecule has 17 heavy (non-hydrogen) atoms. The van der Waals surface area contributed by atoms with E-state index in [-0.39, 0.29) is 0 Å². The van der Waals surface area contributed by atoms with E-state index in [1.807, 2.05) is 11.4 Å². The van der Waals surface area contributed by atoms with E-state index >= 15 is 0 Å². The van der Waals surface area contributed by atoms with Crippen LogP contribution in [0.3, 0.4) is 0 Å². The van der Waals surface area contributed by atoms with Crippen molar-refractivity contribution in [2.24, 2.45) is 0 Å². The first-order valence-electron chi connectivity index (χ1n) is 5.18. The lowest BCUT2D eigenvalue weighted by Gasteiger charge is -2.08. The maximum Gasteiger partial charge on any atom is 0.153 e. The molecule has 0 bridgehead atoms. The summed E-state index contributed by atoms with van der Waals surface area (Å²) in [4.78, 5) is 10.9. The third-order valence-electron chi connectivity index (χ3n) is 2.33. The molecule has 0 amide bonds. The fraction of sp³-hybridized carbons (Fsp3) is 0.154. The van der Waals surface area contributed by atoms with E-state index in [1.54, 1.807) is 23.5 Å². The Bertz CT molecular complexity index is 494. The topological polar surface area (TPSA) is 26.3 Å². The lowest BCUT2D eigenvalue weighted by molar-refractivity contribution is 0.111. The van der Waals surface area contributed by atoms with E-state index in [0.717, 1.165) is 17.2 Å². The van der Waals surface area contributed by atoms with Crippen LogP contribution in [0.2, 0.25) is 0 Å². The van der Waals surface area contributed by atoms with Crippen LogP contribution in [0.5, 0.6) is 5.75 Å². The highest BCUT2D eigenvalue weighted by molar-refractivity contribution is 9.10. The molecule has 0 radical (unpaired) electrons. The zero-order chi connectivity index (χ0) is 12.1. The molecule has 2 rings (SSSR count). The fourth-order valence-corrected chi connectivity index (χ4v) is 2.54. The molecule has 2 aromatic rings. The first-order chi connectivity index (χ1) is 8.29. The Morgan fingerprint density at radius 2 is 2.24 bits per heavy atom. The van der Waals surface area contributed by atoms with Crippen molar-refractivity contribution < 1.29 is 9.53 Å². The van der Waals surface area contributed by atoms with Crippen molar-refractivity contribution in [2.75, 3.05) is 6.61 Å². The molecule has 1 aromatic heterocycles. The Hall–Kier alpha value is -1.13. The number of hydrogen-bond donors (Lipinski definition) is 0. The van der Waals surface area contributed by atoms with E-state index in [2.05, 4.69) is 27.4 Å². The van der Waals surface area contributed by atoms with Gasteiger partial charge in [-0.1, -0.05) is 15.9 Å². The fourth-order valence-electron chi connectivity index (χ4n) is 1.46. The molecule has 88 valence electrons.